The number of carbonyl (C=O) groups is 3. The summed E-state index contributed by atoms with van der Waals surface area (Å²) < 4.78 is 0. The SMILES string of the molecule is CCCC(C)C(C)(C)C(=O)OOC(=O)C(C)(C)C(=O)C(C)(C)C(C)CCC. The second-order valence-corrected chi connectivity index (χ2v) is 9.52. The predicted molar refractivity (Wildman–Crippen MR) is 107 cm³/mol. The molecule has 0 saturated carbocycles. The Morgan fingerprint density at radius 1 is 0.704 bits per heavy atom. The molecule has 0 aliphatic carbocycles. The van der Waals surface area contributed by atoms with Gasteiger partial charge in [-0.05, 0) is 46.0 Å². The number of Topliss-reactive ketones (excluding diaryl/α,β-unsaturated/α-hetero) is 1. The fraction of sp³-hybridized carbons (Fsp3) is 0.864. The second kappa shape index (κ2) is 9.70. The Balaban J connectivity index is 5.13. The van der Waals surface area contributed by atoms with Gasteiger partial charge in [-0.25, -0.2) is 19.4 Å². The minimum atomic E-state index is -1.40. The zero-order valence-electron chi connectivity index (χ0n) is 19.0. The van der Waals surface area contributed by atoms with E-state index < -0.39 is 28.2 Å². The summed E-state index contributed by atoms with van der Waals surface area (Å²) in [7, 11) is 0. The molecule has 0 aromatic carbocycles. The lowest BCUT2D eigenvalue weighted by Crippen LogP contribution is -2.46. The molecule has 0 aliphatic rings. The lowest BCUT2D eigenvalue weighted by molar-refractivity contribution is -0.272. The maximum Gasteiger partial charge on any atom is 0.368 e. The summed E-state index contributed by atoms with van der Waals surface area (Å²) in [5, 5.41) is 0. The number of carbonyl (C=O) groups excluding carboxylic acids is 3. The Kier molecular flexibility index (Phi) is 9.20. The molecule has 0 radical (unpaired) electrons. The first-order valence-electron chi connectivity index (χ1n) is 10.2. The van der Waals surface area contributed by atoms with Gasteiger partial charge in [-0.15, -0.1) is 0 Å². The average Bonchev–Trinajstić information content (AvgIpc) is 2.58. The van der Waals surface area contributed by atoms with Crippen molar-refractivity contribution >= 4 is 17.7 Å². The highest BCUT2D eigenvalue weighted by Gasteiger charge is 2.48. The van der Waals surface area contributed by atoms with Crippen molar-refractivity contribution in [3.05, 3.63) is 0 Å². The van der Waals surface area contributed by atoms with E-state index in [0.29, 0.717) is 0 Å². The molecule has 2 atom stereocenters. The molecule has 158 valence electrons. The molecule has 0 N–H and O–H groups in total. The summed E-state index contributed by atoms with van der Waals surface area (Å²) >= 11 is 0. The van der Waals surface area contributed by atoms with Crippen molar-refractivity contribution in [2.45, 2.75) is 94.9 Å². The fourth-order valence-corrected chi connectivity index (χ4v) is 3.20. The van der Waals surface area contributed by atoms with Crippen LogP contribution in [-0.2, 0) is 24.2 Å². The summed E-state index contributed by atoms with van der Waals surface area (Å²) in [5.41, 5.74) is -2.86. The number of hydrogen-bond donors (Lipinski definition) is 0. The summed E-state index contributed by atoms with van der Waals surface area (Å²) in [6.07, 6.45) is 3.67. The molecule has 0 fully saturated rings. The van der Waals surface area contributed by atoms with E-state index in [9.17, 15) is 14.4 Å². The molecular weight excluding hydrogens is 344 g/mol. The van der Waals surface area contributed by atoms with Crippen LogP contribution in [-0.4, -0.2) is 17.7 Å². The van der Waals surface area contributed by atoms with E-state index in [1.165, 1.54) is 13.8 Å². The standard InChI is InChI=1S/C22H40O5/c1-11-13-15(3)20(5,6)17(23)22(9,10)19(25)27-26-18(24)21(7,8)16(4)14-12-2/h15-16H,11-14H2,1-10H3. The first-order valence-corrected chi connectivity index (χ1v) is 10.2. The summed E-state index contributed by atoms with van der Waals surface area (Å²) in [6, 6.07) is 0. The van der Waals surface area contributed by atoms with Gasteiger partial charge in [0.2, 0.25) is 0 Å². The third-order valence-corrected chi connectivity index (χ3v) is 6.29. The van der Waals surface area contributed by atoms with E-state index >= 15 is 0 Å². The monoisotopic (exact) mass is 384 g/mol. The van der Waals surface area contributed by atoms with E-state index in [4.69, 9.17) is 9.78 Å². The highest BCUT2D eigenvalue weighted by Crippen LogP contribution is 2.39. The lowest BCUT2D eigenvalue weighted by Gasteiger charge is -2.36. The maximum absolute atomic E-state index is 13.0. The van der Waals surface area contributed by atoms with Crippen LogP contribution in [0, 0.1) is 28.1 Å². The van der Waals surface area contributed by atoms with Gasteiger partial charge in [-0.1, -0.05) is 60.8 Å². The lowest BCUT2D eigenvalue weighted by atomic mass is 9.66. The Bertz CT molecular complexity index is 531. The van der Waals surface area contributed by atoms with E-state index in [2.05, 4.69) is 6.92 Å². The highest BCUT2D eigenvalue weighted by molar-refractivity contribution is 6.05. The van der Waals surface area contributed by atoms with Gasteiger partial charge in [-0.3, -0.25) is 4.79 Å². The van der Waals surface area contributed by atoms with Crippen molar-refractivity contribution in [3.63, 3.8) is 0 Å². The molecule has 0 amide bonds. The quantitative estimate of drug-likeness (QED) is 0.282. The molecule has 2 unspecified atom stereocenters. The van der Waals surface area contributed by atoms with Crippen LogP contribution in [0.3, 0.4) is 0 Å². The minimum absolute atomic E-state index is 0.0807. The molecule has 27 heavy (non-hydrogen) atoms. The van der Waals surface area contributed by atoms with Gasteiger partial charge in [0.05, 0.1) is 5.41 Å². The number of rotatable bonds is 10. The third kappa shape index (κ3) is 6.05. The van der Waals surface area contributed by atoms with Crippen molar-refractivity contribution in [2.24, 2.45) is 28.1 Å². The van der Waals surface area contributed by atoms with Crippen LogP contribution in [0.15, 0.2) is 0 Å². The van der Waals surface area contributed by atoms with Crippen LogP contribution in [0.25, 0.3) is 0 Å². The molecule has 0 spiro atoms. The first kappa shape index (κ1) is 25.6. The Morgan fingerprint density at radius 3 is 1.48 bits per heavy atom. The normalized spacial score (nSPS) is 15.0. The van der Waals surface area contributed by atoms with Gasteiger partial charge in [0.1, 0.15) is 5.41 Å². The summed E-state index contributed by atoms with van der Waals surface area (Å²) in [6.45, 7) is 18.4. The van der Waals surface area contributed by atoms with Crippen LogP contribution < -0.4 is 0 Å². The molecule has 5 nitrogen and oxygen atoms in total. The predicted octanol–water partition coefficient (Wildman–Crippen LogP) is 5.51. The largest absolute Gasteiger partial charge is 0.368 e. The van der Waals surface area contributed by atoms with Gasteiger partial charge < -0.3 is 0 Å². The molecule has 5 heteroatoms. The van der Waals surface area contributed by atoms with Gasteiger partial charge in [-0.2, -0.15) is 0 Å². The van der Waals surface area contributed by atoms with Crippen molar-refractivity contribution in [3.8, 4) is 0 Å². The van der Waals surface area contributed by atoms with Crippen LogP contribution in [0.2, 0.25) is 0 Å². The Morgan fingerprint density at radius 2 is 1.07 bits per heavy atom. The van der Waals surface area contributed by atoms with Crippen LogP contribution in [0.4, 0.5) is 0 Å². The molecule has 0 aliphatic heterocycles. The van der Waals surface area contributed by atoms with Crippen molar-refractivity contribution in [2.75, 3.05) is 0 Å². The van der Waals surface area contributed by atoms with Gasteiger partial charge in [0.25, 0.3) is 0 Å². The third-order valence-electron chi connectivity index (χ3n) is 6.29. The van der Waals surface area contributed by atoms with E-state index in [1.807, 2.05) is 34.6 Å². The van der Waals surface area contributed by atoms with E-state index in [1.54, 1.807) is 13.8 Å². The van der Waals surface area contributed by atoms with Crippen molar-refractivity contribution < 1.29 is 24.2 Å². The van der Waals surface area contributed by atoms with Gasteiger partial charge in [0, 0.05) is 5.41 Å². The Hall–Kier alpha value is -1.39. The van der Waals surface area contributed by atoms with Crippen molar-refractivity contribution in [1.29, 1.82) is 0 Å². The second-order valence-electron chi connectivity index (χ2n) is 9.52. The van der Waals surface area contributed by atoms with Crippen molar-refractivity contribution in [1.82, 2.24) is 0 Å². The molecule has 0 aromatic rings. The molecule has 0 aromatic heterocycles. The van der Waals surface area contributed by atoms with Crippen LogP contribution >= 0.6 is 0 Å². The molecular formula is C22H40O5. The molecule has 0 heterocycles. The van der Waals surface area contributed by atoms with E-state index in [-0.39, 0.29) is 17.6 Å². The van der Waals surface area contributed by atoms with Crippen LogP contribution in [0.1, 0.15) is 94.9 Å². The minimum Gasteiger partial charge on any atom is -0.298 e. The molecule has 0 bridgehead atoms. The van der Waals surface area contributed by atoms with Gasteiger partial charge >= 0.3 is 11.9 Å². The smallest absolute Gasteiger partial charge is 0.298 e. The fourth-order valence-electron chi connectivity index (χ4n) is 3.20. The summed E-state index contributed by atoms with van der Waals surface area (Å²) in [4.78, 5) is 47.6. The van der Waals surface area contributed by atoms with E-state index in [0.717, 1.165) is 25.7 Å². The highest BCUT2D eigenvalue weighted by atomic mass is 17.2. The zero-order valence-corrected chi connectivity index (χ0v) is 19.0. The van der Waals surface area contributed by atoms with Gasteiger partial charge in [0.15, 0.2) is 5.78 Å². The summed E-state index contributed by atoms with van der Waals surface area (Å²) in [5.74, 6) is -1.44. The topological polar surface area (TPSA) is 69.7 Å². The number of ketones is 1. The maximum atomic E-state index is 13.0. The zero-order chi connectivity index (χ0) is 21.6. The Labute approximate surface area is 165 Å². The van der Waals surface area contributed by atoms with Crippen LogP contribution in [0.5, 0.6) is 0 Å². The molecule has 0 rings (SSSR count). The average molecular weight is 385 g/mol. The number of hydrogen-bond acceptors (Lipinski definition) is 5. The first-order chi connectivity index (χ1) is 12.2. The molecule has 0 saturated heterocycles.